The molecule has 0 unspecified atom stereocenters. The fourth-order valence-corrected chi connectivity index (χ4v) is 1.85. The number of nitrogen functional groups attached to an aromatic ring is 1. The van der Waals surface area contributed by atoms with Crippen LogP contribution in [0, 0.1) is 0 Å². The topological polar surface area (TPSA) is 66.6 Å². The zero-order valence-electron chi connectivity index (χ0n) is 10.5. The molecule has 3 N–H and O–H groups in total. The van der Waals surface area contributed by atoms with Crippen LogP contribution in [0.25, 0.3) is 0 Å². The Bertz CT molecular complexity index is 410. The third-order valence-electron chi connectivity index (χ3n) is 2.72. The third-order valence-corrected chi connectivity index (χ3v) is 3.05. The summed E-state index contributed by atoms with van der Waals surface area (Å²) in [6, 6.07) is 5.00. The number of rotatable bonds is 6. The summed E-state index contributed by atoms with van der Waals surface area (Å²) in [6.45, 7) is 2.91. The first kappa shape index (κ1) is 14.8. The number of nitrogens with two attached hydrogens (primary N) is 1. The summed E-state index contributed by atoms with van der Waals surface area (Å²) >= 11 is 5.90. The Balaban J connectivity index is 2.90. The molecule has 0 aliphatic heterocycles. The van der Waals surface area contributed by atoms with Gasteiger partial charge >= 0.3 is 0 Å². The van der Waals surface area contributed by atoms with Gasteiger partial charge in [-0.3, -0.25) is 4.79 Å². The molecule has 18 heavy (non-hydrogen) atoms. The SMILES string of the molecule is CCCCN(CCO)C(=O)c1cccc(Cl)c1N. The minimum absolute atomic E-state index is 0.0596. The van der Waals surface area contributed by atoms with Gasteiger partial charge in [0.2, 0.25) is 0 Å². The molecule has 0 saturated carbocycles. The number of carbonyl (C=O) groups excluding carboxylic acids is 1. The van der Waals surface area contributed by atoms with Crippen LogP contribution in [-0.4, -0.2) is 35.6 Å². The average Bonchev–Trinajstić information content (AvgIpc) is 2.37. The minimum atomic E-state index is -0.183. The number of anilines is 1. The second-order valence-corrected chi connectivity index (χ2v) is 4.48. The summed E-state index contributed by atoms with van der Waals surface area (Å²) in [4.78, 5) is 13.9. The fourth-order valence-electron chi connectivity index (χ4n) is 1.68. The highest BCUT2D eigenvalue weighted by atomic mass is 35.5. The van der Waals surface area contributed by atoms with E-state index in [1.54, 1.807) is 23.1 Å². The largest absolute Gasteiger partial charge is 0.397 e. The normalized spacial score (nSPS) is 10.4. The summed E-state index contributed by atoms with van der Waals surface area (Å²) in [6.07, 6.45) is 1.88. The van der Waals surface area contributed by atoms with Crippen molar-refractivity contribution in [3.63, 3.8) is 0 Å². The van der Waals surface area contributed by atoms with Crippen LogP contribution in [0.4, 0.5) is 5.69 Å². The molecule has 1 aromatic rings. The van der Waals surface area contributed by atoms with Crippen LogP contribution in [-0.2, 0) is 0 Å². The molecule has 0 atom stereocenters. The maximum absolute atomic E-state index is 12.3. The van der Waals surface area contributed by atoms with Crippen LogP contribution in [0.2, 0.25) is 5.02 Å². The van der Waals surface area contributed by atoms with E-state index in [4.69, 9.17) is 22.4 Å². The van der Waals surface area contributed by atoms with Gasteiger partial charge in [-0.05, 0) is 18.6 Å². The molecule has 0 radical (unpaired) electrons. The van der Waals surface area contributed by atoms with Crippen molar-refractivity contribution in [3.05, 3.63) is 28.8 Å². The summed E-state index contributed by atoms with van der Waals surface area (Å²) < 4.78 is 0. The number of para-hydroxylation sites is 1. The molecule has 0 heterocycles. The first-order valence-corrected chi connectivity index (χ1v) is 6.43. The van der Waals surface area contributed by atoms with E-state index in [1.807, 2.05) is 0 Å². The van der Waals surface area contributed by atoms with Gasteiger partial charge in [0.05, 0.1) is 22.9 Å². The molecule has 0 bridgehead atoms. The Labute approximate surface area is 112 Å². The first-order chi connectivity index (χ1) is 8.61. The zero-order valence-corrected chi connectivity index (χ0v) is 11.3. The molecular weight excluding hydrogens is 252 g/mol. The van der Waals surface area contributed by atoms with Crippen LogP contribution in [0.3, 0.4) is 0 Å². The van der Waals surface area contributed by atoms with Crippen LogP contribution in [0.15, 0.2) is 18.2 Å². The van der Waals surface area contributed by atoms with Crippen LogP contribution in [0.5, 0.6) is 0 Å². The molecule has 4 nitrogen and oxygen atoms in total. The number of aliphatic hydroxyl groups excluding tert-OH is 1. The monoisotopic (exact) mass is 270 g/mol. The van der Waals surface area contributed by atoms with E-state index >= 15 is 0 Å². The van der Waals surface area contributed by atoms with Gasteiger partial charge in [-0.15, -0.1) is 0 Å². The lowest BCUT2D eigenvalue weighted by atomic mass is 10.1. The standard InChI is InChI=1S/C13H19ClN2O2/c1-2-3-7-16(8-9-17)13(18)10-5-4-6-11(14)12(10)15/h4-6,17H,2-3,7-9,15H2,1H3. The van der Waals surface area contributed by atoms with Gasteiger partial charge in [0.15, 0.2) is 0 Å². The average molecular weight is 271 g/mol. The number of hydrogen-bond donors (Lipinski definition) is 2. The maximum atomic E-state index is 12.3. The predicted octanol–water partition coefficient (Wildman–Crippen LogP) is 2.16. The van der Waals surface area contributed by atoms with E-state index in [9.17, 15) is 4.79 Å². The highest BCUT2D eigenvalue weighted by Crippen LogP contribution is 2.23. The second kappa shape index (κ2) is 7.24. The van der Waals surface area contributed by atoms with Crippen molar-refractivity contribution in [1.82, 2.24) is 4.90 Å². The highest BCUT2D eigenvalue weighted by Gasteiger charge is 2.18. The lowest BCUT2D eigenvalue weighted by molar-refractivity contribution is 0.0720. The van der Waals surface area contributed by atoms with E-state index in [2.05, 4.69) is 6.92 Å². The number of nitrogens with zero attached hydrogens (tertiary/aromatic N) is 1. The number of hydrogen-bond acceptors (Lipinski definition) is 3. The number of carbonyl (C=O) groups is 1. The first-order valence-electron chi connectivity index (χ1n) is 6.06. The summed E-state index contributed by atoms with van der Waals surface area (Å²) in [5.74, 6) is -0.183. The molecule has 100 valence electrons. The Hall–Kier alpha value is -1.26. The maximum Gasteiger partial charge on any atom is 0.256 e. The van der Waals surface area contributed by atoms with Gasteiger partial charge in [-0.1, -0.05) is 31.0 Å². The van der Waals surface area contributed by atoms with Gasteiger partial charge in [0.1, 0.15) is 0 Å². The van der Waals surface area contributed by atoms with Crippen molar-refractivity contribution >= 4 is 23.2 Å². The Kier molecular flexibility index (Phi) is 5.95. The highest BCUT2D eigenvalue weighted by molar-refractivity contribution is 6.33. The molecule has 1 aromatic carbocycles. The van der Waals surface area contributed by atoms with E-state index < -0.39 is 0 Å². The molecule has 0 spiro atoms. The minimum Gasteiger partial charge on any atom is -0.397 e. The Morgan fingerprint density at radius 1 is 1.44 bits per heavy atom. The van der Waals surface area contributed by atoms with E-state index in [0.717, 1.165) is 12.8 Å². The second-order valence-electron chi connectivity index (χ2n) is 4.07. The smallest absolute Gasteiger partial charge is 0.256 e. The molecule has 0 aliphatic carbocycles. The summed E-state index contributed by atoms with van der Waals surface area (Å²) in [5.41, 5.74) is 6.49. The van der Waals surface area contributed by atoms with Gasteiger partial charge in [-0.2, -0.15) is 0 Å². The van der Waals surface area contributed by atoms with E-state index in [1.165, 1.54) is 0 Å². The molecular formula is C13H19ClN2O2. The van der Waals surface area contributed by atoms with Crippen molar-refractivity contribution < 1.29 is 9.90 Å². The number of unbranched alkanes of at least 4 members (excludes halogenated alkanes) is 1. The third kappa shape index (κ3) is 3.62. The zero-order chi connectivity index (χ0) is 13.5. The summed E-state index contributed by atoms with van der Waals surface area (Å²) in [7, 11) is 0. The molecule has 1 amide bonds. The number of aliphatic hydroxyl groups is 1. The number of halogens is 1. The Morgan fingerprint density at radius 3 is 2.78 bits per heavy atom. The Morgan fingerprint density at radius 2 is 2.17 bits per heavy atom. The van der Waals surface area contributed by atoms with Gasteiger partial charge < -0.3 is 15.7 Å². The molecule has 1 rings (SSSR count). The van der Waals surface area contributed by atoms with Crippen LogP contribution >= 0.6 is 11.6 Å². The van der Waals surface area contributed by atoms with Crippen LogP contribution < -0.4 is 5.73 Å². The quantitative estimate of drug-likeness (QED) is 0.779. The lowest BCUT2D eigenvalue weighted by Crippen LogP contribution is -2.34. The van der Waals surface area contributed by atoms with Crippen molar-refractivity contribution in [3.8, 4) is 0 Å². The van der Waals surface area contributed by atoms with Crippen molar-refractivity contribution in [2.45, 2.75) is 19.8 Å². The van der Waals surface area contributed by atoms with E-state index in [0.29, 0.717) is 29.4 Å². The van der Waals surface area contributed by atoms with Crippen LogP contribution in [0.1, 0.15) is 30.1 Å². The van der Waals surface area contributed by atoms with Crippen molar-refractivity contribution in [2.75, 3.05) is 25.4 Å². The predicted molar refractivity (Wildman–Crippen MR) is 73.8 cm³/mol. The van der Waals surface area contributed by atoms with Gasteiger partial charge in [0.25, 0.3) is 5.91 Å². The van der Waals surface area contributed by atoms with Gasteiger partial charge in [0, 0.05) is 13.1 Å². The van der Waals surface area contributed by atoms with Gasteiger partial charge in [-0.25, -0.2) is 0 Å². The van der Waals surface area contributed by atoms with E-state index in [-0.39, 0.29) is 12.5 Å². The number of amides is 1. The summed E-state index contributed by atoms with van der Waals surface area (Å²) in [5, 5.41) is 9.38. The molecule has 0 aromatic heterocycles. The lowest BCUT2D eigenvalue weighted by Gasteiger charge is -2.22. The molecule has 5 heteroatoms. The number of benzene rings is 1. The molecule has 0 fully saturated rings. The van der Waals surface area contributed by atoms with Crippen molar-refractivity contribution in [1.29, 1.82) is 0 Å². The molecule has 0 aliphatic rings. The van der Waals surface area contributed by atoms with Crippen molar-refractivity contribution in [2.24, 2.45) is 0 Å². The fraction of sp³-hybridized carbons (Fsp3) is 0.462. The molecule has 0 saturated heterocycles.